The van der Waals surface area contributed by atoms with E-state index < -0.39 is 11.5 Å². The molecule has 1 rings (SSSR count). The fourth-order valence-corrected chi connectivity index (χ4v) is 1.83. The molecule has 2 N–H and O–H groups in total. The highest BCUT2D eigenvalue weighted by Gasteiger charge is 2.34. The van der Waals surface area contributed by atoms with Gasteiger partial charge in [0.2, 0.25) is 6.41 Å². The largest absolute Gasteiger partial charge is 0.479 e. The van der Waals surface area contributed by atoms with E-state index in [1.54, 1.807) is 12.1 Å². The van der Waals surface area contributed by atoms with Gasteiger partial charge in [-0.3, -0.25) is 4.79 Å². The molecule has 0 fully saturated rings. The summed E-state index contributed by atoms with van der Waals surface area (Å²) < 4.78 is 0. The lowest BCUT2D eigenvalue weighted by Crippen LogP contribution is -2.45. The molecule has 4 heteroatoms. The second-order valence-electron chi connectivity index (χ2n) is 4.99. The van der Waals surface area contributed by atoms with Crippen LogP contribution < -0.4 is 5.32 Å². The van der Waals surface area contributed by atoms with E-state index in [-0.39, 0.29) is 0 Å². The molecule has 1 unspecified atom stereocenters. The average molecular weight is 249 g/mol. The van der Waals surface area contributed by atoms with Crippen molar-refractivity contribution in [1.29, 1.82) is 0 Å². The van der Waals surface area contributed by atoms with Gasteiger partial charge >= 0.3 is 5.97 Å². The van der Waals surface area contributed by atoms with E-state index in [9.17, 15) is 14.7 Å². The number of nitrogens with one attached hydrogen (secondary N) is 1. The monoisotopic (exact) mass is 249 g/mol. The van der Waals surface area contributed by atoms with Gasteiger partial charge in [0.25, 0.3) is 0 Å². The third-order valence-corrected chi connectivity index (χ3v) is 2.95. The zero-order valence-corrected chi connectivity index (χ0v) is 10.9. The molecule has 0 bridgehead atoms. The van der Waals surface area contributed by atoms with E-state index in [1.165, 1.54) is 6.92 Å². The van der Waals surface area contributed by atoms with Gasteiger partial charge in [-0.05, 0) is 30.4 Å². The Hall–Kier alpha value is -1.84. The average Bonchev–Trinajstić information content (AvgIpc) is 2.29. The maximum Gasteiger partial charge on any atom is 0.333 e. The van der Waals surface area contributed by atoms with Gasteiger partial charge in [-0.2, -0.15) is 0 Å². The number of aliphatic carboxylic acids is 1. The van der Waals surface area contributed by atoms with Gasteiger partial charge in [-0.1, -0.05) is 38.1 Å². The van der Waals surface area contributed by atoms with Crippen molar-refractivity contribution < 1.29 is 14.7 Å². The van der Waals surface area contributed by atoms with Gasteiger partial charge in [-0.25, -0.2) is 4.79 Å². The maximum absolute atomic E-state index is 11.3. The first-order valence-electron chi connectivity index (χ1n) is 5.94. The number of carboxylic acids is 1. The van der Waals surface area contributed by atoms with Crippen molar-refractivity contribution in [3.8, 4) is 0 Å². The Kier molecular flexibility index (Phi) is 4.48. The van der Waals surface area contributed by atoms with Crippen LogP contribution in [0.15, 0.2) is 24.3 Å². The van der Waals surface area contributed by atoms with Gasteiger partial charge in [0.1, 0.15) is 0 Å². The molecular formula is C14H19NO3. The van der Waals surface area contributed by atoms with Crippen LogP contribution in [-0.4, -0.2) is 17.5 Å². The van der Waals surface area contributed by atoms with Crippen LogP contribution in [0.4, 0.5) is 0 Å². The summed E-state index contributed by atoms with van der Waals surface area (Å²) in [7, 11) is 0. The Bertz CT molecular complexity index is 425. The van der Waals surface area contributed by atoms with Crippen molar-refractivity contribution >= 4 is 12.4 Å². The second-order valence-corrected chi connectivity index (χ2v) is 4.99. The fraction of sp³-hybridized carbons (Fsp3) is 0.429. The summed E-state index contributed by atoms with van der Waals surface area (Å²) in [6, 6.07) is 7.32. The van der Waals surface area contributed by atoms with Crippen molar-refractivity contribution in [1.82, 2.24) is 5.32 Å². The SMILES string of the molecule is CC(C)Cc1ccc(C(C)(NC=O)C(=O)O)cc1. The summed E-state index contributed by atoms with van der Waals surface area (Å²) in [6.07, 6.45) is 1.36. The summed E-state index contributed by atoms with van der Waals surface area (Å²) >= 11 is 0. The summed E-state index contributed by atoms with van der Waals surface area (Å²) in [4.78, 5) is 21.8. The van der Waals surface area contributed by atoms with Crippen LogP contribution in [0.25, 0.3) is 0 Å². The lowest BCUT2D eigenvalue weighted by atomic mass is 9.90. The van der Waals surface area contributed by atoms with Crippen LogP contribution in [0.3, 0.4) is 0 Å². The van der Waals surface area contributed by atoms with E-state index in [4.69, 9.17) is 0 Å². The molecule has 1 atom stereocenters. The van der Waals surface area contributed by atoms with E-state index in [0.29, 0.717) is 17.9 Å². The first-order chi connectivity index (χ1) is 8.40. The number of amides is 1. The highest BCUT2D eigenvalue weighted by molar-refractivity contribution is 5.82. The number of carbonyl (C=O) groups excluding carboxylic acids is 1. The van der Waals surface area contributed by atoms with Gasteiger partial charge in [0.15, 0.2) is 5.54 Å². The minimum Gasteiger partial charge on any atom is -0.479 e. The number of carbonyl (C=O) groups is 2. The molecule has 1 aromatic carbocycles. The molecule has 0 aliphatic carbocycles. The third-order valence-electron chi connectivity index (χ3n) is 2.95. The third kappa shape index (κ3) is 3.09. The van der Waals surface area contributed by atoms with Crippen molar-refractivity contribution in [2.24, 2.45) is 5.92 Å². The van der Waals surface area contributed by atoms with Crippen LogP contribution in [0.5, 0.6) is 0 Å². The number of carboxylic acid groups (broad SMARTS) is 1. The first-order valence-corrected chi connectivity index (χ1v) is 5.94. The molecule has 0 aliphatic heterocycles. The van der Waals surface area contributed by atoms with E-state index in [1.807, 2.05) is 12.1 Å². The minimum atomic E-state index is -1.38. The first kappa shape index (κ1) is 14.2. The Balaban J connectivity index is 3.01. The molecule has 0 radical (unpaired) electrons. The van der Waals surface area contributed by atoms with Crippen molar-refractivity contribution in [2.75, 3.05) is 0 Å². The number of rotatable bonds is 6. The standard InChI is InChI=1S/C14H19NO3/c1-10(2)8-11-4-6-12(7-5-11)14(3,13(17)18)15-9-16/h4-7,9-10H,8H2,1-3H3,(H,15,16)(H,17,18). The Morgan fingerprint density at radius 2 is 1.94 bits per heavy atom. The Morgan fingerprint density at radius 3 is 2.33 bits per heavy atom. The zero-order chi connectivity index (χ0) is 13.8. The molecule has 4 nitrogen and oxygen atoms in total. The van der Waals surface area contributed by atoms with Crippen LogP contribution in [0.2, 0.25) is 0 Å². The predicted molar refractivity (Wildman–Crippen MR) is 69.2 cm³/mol. The predicted octanol–water partition coefficient (Wildman–Crippen LogP) is 1.93. The summed E-state index contributed by atoms with van der Waals surface area (Å²) in [5.74, 6) is -0.527. The van der Waals surface area contributed by atoms with Gasteiger partial charge in [0.05, 0.1) is 0 Å². The Morgan fingerprint density at radius 1 is 1.39 bits per heavy atom. The van der Waals surface area contributed by atoms with Crippen molar-refractivity contribution in [3.05, 3.63) is 35.4 Å². The molecule has 0 saturated carbocycles. The van der Waals surface area contributed by atoms with E-state index in [0.717, 1.165) is 12.0 Å². The molecule has 0 aliphatic rings. The molecule has 1 aromatic rings. The second kappa shape index (κ2) is 5.67. The van der Waals surface area contributed by atoms with E-state index in [2.05, 4.69) is 19.2 Å². The Labute approximate surface area is 107 Å². The highest BCUT2D eigenvalue weighted by Crippen LogP contribution is 2.22. The van der Waals surface area contributed by atoms with Crippen LogP contribution in [0, 0.1) is 5.92 Å². The van der Waals surface area contributed by atoms with E-state index >= 15 is 0 Å². The summed E-state index contributed by atoms with van der Waals surface area (Å²) in [6.45, 7) is 5.73. The fourth-order valence-electron chi connectivity index (χ4n) is 1.83. The molecular weight excluding hydrogens is 230 g/mol. The van der Waals surface area contributed by atoms with Crippen LogP contribution >= 0.6 is 0 Å². The highest BCUT2D eigenvalue weighted by atomic mass is 16.4. The topological polar surface area (TPSA) is 66.4 Å². The zero-order valence-electron chi connectivity index (χ0n) is 10.9. The van der Waals surface area contributed by atoms with Crippen LogP contribution in [-0.2, 0) is 21.5 Å². The smallest absolute Gasteiger partial charge is 0.333 e. The minimum absolute atomic E-state index is 0.413. The van der Waals surface area contributed by atoms with Crippen molar-refractivity contribution in [3.63, 3.8) is 0 Å². The number of hydrogen-bond acceptors (Lipinski definition) is 2. The molecule has 0 aromatic heterocycles. The van der Waals surface area contributed by atoms with Gasteiger partial charge in [-0.15, -0.1) is 0 Å². The molecule has 0 saturated heterocycles. The molecule has 0 heterocycles. The van der Waals surface area contributed by atoms with Crippen LogP contribution in [0.1, 0.15) is 31.9 Å². The molecule has 0 spiro atoms. The number of hydrogen-bond donors (Lipinski definition) is 2. The lowest BCUT2D eigenvalue weighted by Gasteiger charge is -2.24. The summed E-state index contributed by atoms with van der Waals surface area (Å²) in [5, 5.41) is 11.6. The van der Waals surface area contributed by atoms with Gasteiger partial charge < -0.3 is 10.4 Å². The molecule has 18 heavy (non-hydrogen) atoms. The van der Waals surface area contributed by atoms with Gasteiger partial charge in [0, 0.05) is 0 Å². The maximum atomic E-state index is 11.3. The van der Waals surface area contributed by atoms with Crippen molar-refractivity contribution in [2.45, 2.75) is 32.7 Å². The normalized spacial score (nSPS) is 14.0. The lowest BCUT2D eigenvalue weighted by molar-refractivity contribution is -0.145. The molecule has 98 valence electrons. The quantitative estimate of drug-likeness (QED) is 0.757. The number of benzene rings is 1. The summed E-state index contributed by atoms with van der Waals surface area (Å²) in [5.41, 5.74) is 0.347. The molecule has 1 amide bonds.